The molecule has 0 saturated heterocycles. The van der Waals surface area contributed by atoms with Crippen LogP contribution in [0.2, 0.25) is 0 Å². The maximum absolute atomic E-state index is 11.8. The normalized spacial score (nSPS) is 11.5. The van der Waals surface area contributed by atoms with Crippen LogP contribution in [-0.4, -0.2) is 21.7 Å². The average molecular weight is 373 g/mol. The molecule has 138 valence electrons. The van der Waals surface area contributed by atoms with Crippen LogP contribution in [0.4, 0.5) is 4.79 Å². The minimum atomic E-state index is -0.509. The van der Waals surface area contributed by atoms with Gasteiger partial charge >= 0.3 is 6.09 Å². The summed E-state index contributed by atoms with van der Waals surface area (Å²) < 4.78 is 11.1. The Kier molecular flexibility index (Phi) is 5.18. The second kappa shape index (κ2) is 7.37. The summed E-state index contributed by atoms with van der Waals surface area (Å²) in [4.78, 5) is 19.3. The van der Waals surface area contributed by atoms with Crippen molar-refractivity contribution < 1.29 is 14.3 Å². The third kappa shape index (κ3) is 4.76. The van der Waals surface area contributed by atoms with Crippen molar-refractivity contribution in [2.75, 3.05) is 0 Å². The predicted molar refractivity (Wildman–Crippen MR) is 103 cm³/mol. The average Bonchev–Trinajstić information content (AvgIpc) is 3.18. The van der Waals surface area contributed by atoms with Crippen molar-refractivity contribution >= 4 is 28.3 Å². The summed E-state index contributed by atoms with van der Waals surface area (Å²) in [6, 6.07) is 6.07. The topological polar surface area (TPSA) is 76.2 Å². The van der Waals surface area contributed by atoms with Gasteiger partial charge in [-0.05, 0) is 45.4 Å². The highest BCUT2D eigenvalue weighted by Crippen LogP contribution is 2.26. The number of nitrogens with one attached hydrogen (secondary N) is 2. The number of H-pyrrole nitrogens is 1. The van der Waals surface area contributed by atoms with Gasteiger partial charge in [0.2, 0.25) is 0 Å². The number of rotatable bonds is 5. The first-order valence-electron chi connectivity index (χ1n) is 8.39. The zero-order chi connectivity index (χ0) is 18.7. The molecule has 3 rings (SSSR count). The highest BCUT2D eigenvalue weighted by Gasteiger charge is 2.16. The minimum absolute atomic E-state index is 0.373. The van der Waals surface area contributed by atoms with Crippen LogP contribution in [0.5, 0.6) is 5.75 Å². The highest BCUT2D eigenvalue weighted by atomic mass is 32.1. The van der Waals surface area contributed by atoms with Gasteiger partial charge in [0.1, 0.15) is 18.0 Å². The van der Waals surface area contributed by atoms with Gasteiger partial charge in [0.05, 0.1) is 17.7 Å². The van der Waals surface area contributed by atoms with E-state index in [0.717, 1.165) is 33.6 Å². The number of thiazole rings is 1. The lowest BCUT2D eigenvalue weighted by molar-refractivity contribution is 0.0523. The second-order valence-electron chi connectivity index (χ2n) is 7.12. The number of carbonyl (C=O) groups excluding carboxylic acids is 1. The Hall–Kier alpha value is -2.54. The summed E-state index contributed by atoms with van der Waals surface area (Å²) in [6.07, 6.45) is -0.431. The van der Waals surface area contributed by atoms with Crippen molar-refractivity contribution in [3.8, 4) is 5.75 Å². The Morgan fingerprint density at radius 1 is 1.31 bits per heavy atom. The molecule has 0 fully saturated rings. The van der Waals surface area contributed by atoms with Crippen molar-refractivity contribution in [3.05, 3.63) is 46.0 Å². The summed E-state index contributed by atoms with van der Waals surface area (Å²) in [6.45, 7) is 8.35. The molecule has 0 aliphatic heterocycles. The molecule has 1 amide bonds. The minimum Gasteiger partial charge on any atom is -0.487 e. The fraction of sp³-hybridized carbons (Fsp3) is 0.368. The number of aromatic amines is 1. The van der Waals surface area contributed by atoms with Gasteiger partial charge in [-0.25, -0.2) is 9.78 Å². The zero-order valence-electron chi connectivity index (χ0n) is 15.4. The van der Waals surface area contributed by atoms with E-state index in [0.29, 0.717) is 13.2 Å². The van der Waals surface area contributed by atoms with E-state index >= 15 is 0 Å². The van der Waals surface area contributed by atoms with E-state index in [1.54, 1.807) is 16.8 Å². The van der Waals surface area contributed by atoms with Crippen LogP contribution in [0.25, 0.3) is 10.9 Å². The Morgan fingerprint density at radius 3 is 2.81 bits per heavy atom. The molecule has 2 heterocycles. The first-order chi connectivity index (χ1) is 12.3. The van der Waals surface area contributed by atoms with E-state index in [4.69, 9.17) is 9.47 Å². The van der Waals surface area contributed by atoms with Crippen LogP contribution < -0.4 is 10.1 Å². The van der Waals surface area contributed by atoms with Crippen molar-refractivity contribution in [1.82, 2.24) is 15.3 Å². The molecular formula is C19H23N3O3S. The molecule has 2 aromatic heterocycles. The van der Waals surface area contributed by atoms with Gasteiger partial charge < -0.3 is 19.8 Å². The van der Waals surface area contributed by atoms with Crippen LogP contribution in [0.3, 0.4) is 0 Å². The third-order valence-electron chi connectivity index (χ3n) is 3.65. The number of alkyl carbamates (subject to hydrolysis) is 1. The standard InChI is InChI=1S/C19H23N3O3S/c1-12-5-13-6-14(8-20-18(23)25-19(2,3)4)22-16(13)7-17(12)24-9-15-10-26-11-21-15/h5-7,10-11,22H,8-9H2,1-4H3,(H,20,23). The van der Waals surface area contributed by atoms with E-state index in [1.165, 1.54) is 0 Å². The number of hydrogen-bond acceptors (Lipinski definition) is 5. The SMILES string of the molecule is Cc1cc2cc(CNC(=O)OC(C)(C)C)[nH]c2cc1OCc1cscn1. The zero-order valence-corrected chi connectivity index (χ0v) is 16.2. The molecular weight excluding hydrogens is 350 g/mol. The van der Waals surface area contributed by atoms with Crippen LogP contribution in [0.15, 0.2) is 29.1 Å². The summed E-state index contributed by atoms with van der Waals surface area (Å²) in [5.74, 6) is 0.819. The van der Waals surface area contributed by atoms with Crippen molar-refractivity contribution in [2.24, 2.45) is 0 Å². The highest BCUT2D eigenvalue weighted by molar-refractivity contribution is 7.07. The number of nitrogens with zero attached hydrogens (tertiary/aromatic N) is 1. The lowest BCUT2D eigenvalue weighted by Gasteiger charge is -2.19. The van der Waals surface area contributed by atoms with Gasteiger partial charge in [-0.2, -0.15) is 0 Å². The maximum atomic E-state index is 11.8. The molecule has 2 N–H and O–H groups in total. The lowest BCUT2D eigenvalue weighted by atomic mass is 10.1. The van der Waals surface area contributed by atoms with Gasteiger partial charge in [0.15, 0.2) is 0 Å². The number of benzene rings is 1. The fourth-order valence-corrected chi connectivity index (χ4v) is 3.07. The molecule has 0 atom stereocenters. The van der Waals surface area contributed by atoms with Gasteiger partial charge in [-0.1, -0.05) is 0 Å². The van der Waals surface area contributed by atoms with Crippen molar-refractivity contribution in [1.29, 1.82) is 0 Å². The second-order valence-corrected chi connectivity index (χ2v) is 7.84. The molecule has 7 heteroatoms. The number of aryl methyl sites for hydroxylation is 1. The number of ether oxygens (including phenoxy) is 2. The molecule has 0 radical (unpaired) electrons. The third-order valence-corrected chi connectivity index (χ3v) is 4.29. The van der Waals surface area contributed by atoms with E-state index in [2.05, 4.69) is 21.4 Å². The molecule has 0 bridgehead atoms. The van der Waals surface area contributed by atoms with Crippen LogP contribution in [-0.2, 0) is 17.9 Å². The molecule has 0 aliphatic carbocycles. The number of hydrogen-bond donors (Lipinski definition) is 2. The van der Waals surface area contributed by atoms with E-state index < -0.39 is 11.7 Å². The van der Waals surface area contributed by atoms with Crippen LogP contribution >= 0.6 is 11.3 Å². The first-order valence-corrected chi connectivity index (χ1v) is 9.33. The number of carbonyl (C=O) groups is 1. The Balaban J connectivity index is 1.67. The maximum Gasteiger partial charge on any atom is 0.407 e. The quantitative estimate of drug-likeness (QED) is 0.688. The predicted octanol–water partition coefficient (Wildman–Crippen LogP) is 4.54. The smallest absolute Gasteiger partial charge is 0.407 e. The van der Waals surface area contributed by atoms with E-state index in [9.17, 15) is 4.79 Å². The lowest BCUT2D eigenvalue weighted by Crippen LogP contribution is -2.32. The van der Waals surface area contributed by atoms with Crippen molar-refractivity contribution in [3.63, 3.8) is 0 Å². The Morgan fingerprint density at radius 2 is 2.12 bits per heavy atom. The molecule has 0 aliphatic rings. The molecule has 0 unspecified atom stereocenters. The summed E-state index contributed by atoms with van der Waals surface area (Å²) in [5.41, 5.74) is 5.13. The van der Waals surface area contributed by atoms with Crippen LogP contribution in [0.1, 0.15) is 37.7 Å². The number of fused-ring (bicyclic) bond motifs is 1. The number of amides is 1. The summed E-state index contributed by atoms with van der Waals surface area (Å²) in [7, 11) is 0. The van der Waals surface area contributed by atoms with Gasteiger partial charge in [0.25, 0.3) is 0 Å². The molecule has 1 aromatic carbocycles. The van der Waals surface area contributed by atoms with Gasteiger partial charge in [-0.15, -0.1) is 11.3 Å². The first kappa shape index (κ1) is 18.3. The molecule has 0 saturated carbocycles. The monoisotopic (exact) mass is 373 g/mol. The fourth-order valence-electron chi connectivity index (χ4n) is 2.53. The molecule has 26 heavy (non-hydrogen) atoms. The van der Waals surface area contributed by atoms with Gasteiger partial charge in [0, 0.05) is 28.0 Å². The van der Waals surface area contributed by atoms with E-state index in [1.807, 2.05) is 45.2 Å². The molecule has 0 spiro atoms. The Bertz CT molecular complexity index is 895. The summed E-state index contributed by atoms with van der Waals surface area (Å²) >= 11 is 1.55. The van der Waals surface area contributed by atoms with E-state index in [-0.39, 0.29) is 0 Å². The number of aromatic nitrogens is 2. The molecule has 3 aromatic rings. The van der Waals surface area contributed by atoms with Crippen molar-refractivity contribution in [2.45, 2.75) is 46.4 Å². The molecule has 6 nitrogen and oxygen atoms in total. The van der Waals surface area contributed by atoms with Crippen LogP contribution in [0, 0.1) is 6.92 Å². The Labute approximate surface area is 156 Å². The largest absolute Gasteiger partial charge is 0.487 e. The van der Waals surface area contributed by atoms with Gasteiger partial charge in [-0.3, -0.25) is 0 Å². The summed E-state index contributed by atoms with van der Waals surface area (Å²) in [5, 5.41) is 5.81.